The monoisotopic (exact) mass is 391 g/mol. The summed E-state index contributed by atoms with van der Waals surface area (Å²) in [5.74, 6) is -2.94. The summed E-state index contributed by atoms with van der Waals surface area (Å²) in [7, 11) is 0. The Morgan fingerprint density at radius 1 is 0.929 bits per heavy atom. The molecule has 0 saturated carbocycles. The minimum Gasteiger partial charge on any atom is -0.419 e. The maximum absolute atomic E-state index is 12.8. The van der Waals surface area contributed by atoms with Crippen LogP contribution in [0.1, 0.15) is 19.4 Å². The van der Waals surface area contributed by atoms with Crippen LogP contribution in [0.3, 0.4) is 0 Å². The van der Waals surface area contributed by atoms with Gasteiger partial charge < -0.3 is 14.8 Å². The molecule has 1 heterocycles. The molecular weight excluding hydrogens is 375 g/mol. The number of alkyl halides is 3. The van der Waals surface area contributed by atoms with Crippen molar-refractivity contribution in [3.8, 4) is 11.1 Å². The van der Waals surface area contributed by atoms with Crippen molar-refractivity contribution in [2.24, 2.45) is 0 Å². The molecule has 1 fully saturated rings. The standard InChI is InChI=1S/C20H16F3NO4/c1-19(2)27-17(25)16(18(26)28-19)11-24-15-8-6-12(7-9-15)13-4-3-5-14(10-13)20(21,22)23/h3-11,24H,1-2H3. The first-order chi connectivity index (χ1) is 13.0. The number of carbonyl (C=O) groups excluding carboxylic acids is 2. The number of halogens is 3. The lowest BCUT2D eigenvalue weighted by Crippen LogP contribution is -2.42. The molecule has 146 valence electrons. The van der Waals surface area contributed by atoms with Crippen LogP contribution in [0.5, 0.6) is 0 Å². The number of hydrogen-bond donors (Lipinski definition) is 1. The van der Waals surface area contributed by atoms with Gasteiger partial charge in [0.15, 0.2) is 5.57 Å². The number of esters is 2. The number of hydrogen-bond acceptors (Lipinski definition) is 5. The van der Waals surface area contributed by atoms with Crippen LogP contribution in [-0.2, 0) is 25.2 Å². The van der Waals surface area contributed by atoms with Gasteiger partial charge in [0.1, 0.15) is 0 Å². The third kappa shape index (κ3) is 4.33. The van der Waals surface area contributed by atoms with E-state index in [1.165, 1.54) is 26.1 Å². The zero-order valence-corrected chi connectivity index (χ0v) is 15.0. The van der Waals surface area contributed by atoms with E-state index in [4.69, 9.17) is 9.47 Å². The van der Waals surface area contributed by atoms with E-state index in [9.17, 15) is 22.8 Å². The SMILES string of the molecule is CC1(C)OC(=O)C(=CNc2ccc(-c3cccc(C(F)(F)F)c3)cc2)C(=O)O1. The highest BCUT2D eigenvalue weighted by Crippen LogP contribution is 2.32. The van der Waals surface area contributed by atoms with Crippen molar-refractivity contribution >= 4 is 17.6 Å². The van der Waals surface area contributed by atoms with Crippen LogP contribution in [0.15, 0.2) is 60.3 Å². The Labute approximate surface area is 158 Å². The topological polar surface area (TPSA) is 64.6 Å². The van der Waals surface area contributed by atoms with Crippen LogP contribution >= 0.6 is 0 Å². The lowest BCUT2D eigenvalue weighted by molar-refractivity contribution is -0.222. The molecular formula is C20H16F3NO4. The van der Waals surface area contributed by atoms with Crippen LogP contribution in [0.2, 0.25) is 0 Å². The Morgan fingerprint density at radius 2 is 1.54 bits per heavy atom. The number of benzene rings is 2. The molecule has 8 heteroatoms. The highest BCUT2D eigenvalue weighted by atomic mass is 19.4. The second kappa shape index (κ2) is 7.03. The average Bonchev–Trinajstić information content (AvgIpc) is 2.60. The predicted octanol–water partition coefficient (Wildman–Crippen LogP) is 4.50. The quantitative estimate of drug-likeness (QED) is 0.474. The molecule has 5 nitrogen and oxygen atoms in total. The fourth-order valence-electron chi connectivity index (χ4n) is 2.57. The summed E-state index contributed by atoms with van der Waals surface area (Å²) in [6.45, 7) is 2.89. The third-order valence-corrected chi connectivity index (χ3v) is 3.91. The van der Waals surface area contributed by atoms with E-state index < -0.39 is 29.5 Å². The molecule has 1 saturated heterocycles. The lowest BCUT2D eigenvalue weighted by Gasteiger charge is -2.29. The van der Waals surface area contributed by atoms with Crippen LogP contribution < -0.4 is 5.32 Å². The summed E-state index contributed by atoms with van der Waals surface area (Å²) >= 11 is 0. The Hall–Kier alpha value is -3.29. The zero-order chi connectivity index (χ0) is 20.5. The summed E-state index contributed by atoms with van der Waals surface area (Å²) in [6, 6.07) is 11.5. The minimum absolute atomic E-state index is 0.290. The minimum atomic E-state index is -4.42. The number of rotatable bonds is 3. The van der Waals surface area contributed by atoms with Gasteiger partial charge in [-0.2, -0.15) is 13.2 Å². The van der Waals surface area contributed by atoms with E-state index in [0.717, 1.165) is 12.1 Å². The maximum atomic E-state index is 12.8. The highest BCUT2D eigenvalue weighted by molar-refractivity contribution is 6.15. The van der Waals surface area contributed by atoms with E-state index in [1.54, 1.807) is 30.3 Å². The molecule has 0 aliphatic carbocycles. The Kier molecular flexibility index (Phi) is 4.89. The molecule has 0 aromatic heterocycles. The molecule has 0 spiro atoms. The van der Waals surface area contributed by atoms with Crippen LogP contribution in [0.4, 0.5) is 18.9 Å². The number of ether oxygens (including phenoxy) is 2. The predicted molar refractivity (Wildman–Crippen MR) is 94.8 cm³/mol. The fraction of sp³-hybridized carbons (Fsp3) is 0.200. The molecule has 3 rings (SSSR count). The fourth-order valence-corrected chi connectivity index (χ4v) is 2.57. The third-order valence-electron chi connectivity index (χ3n) is 3.91. The van der Waals surface area contributed by atoms with Crippen LogP contribution in [0.25, 0.3) is 11.1 Å². The summed E-state index contributed by atoms with van der Waals surface area (Å²) < 4.78 is 48.5. The van der Waals surface area contributed by atoms with Crippen molar-refractivity contribution in [2.75, 3.05) is 5.32 Å². The molecule has 0 unspecified atom stereocenters. The van der Waals surface area contributed by atoms with Gasteiger partial charge in [-0.25, -0.2) is 9.59 Å². The maximum Gasteiger partial charge on any atom is 0.416 e. The van der Waals surface area contributed by atoms with Crippen molar-refractivity contribution in [1.82, 2.24) is 0 Å². The molecule has 28 heavy (non-hydrogen) atoms. The molecule has 1 aliphatic rings. The van der Waals surface area contributed by atoms with Crippen molar-refractivity contribution in [3.05, 3.63) is 65.9 Å². The average molecular weight is 391 g/mol. The van der Waals surface area contributed by atoms with Crippen molar-refractivity contribution < 1.29 is 32.2 Å². The molecule has 0 atom stereocenters. The number of carbonyl (C=O) groups is 2. The molecule has 2 aromatic carbocycles. The van der Waals surface area contributed by atoms with Crippen LogP contribution in [0, 0.1) is 0 Å². The van der Waals surface area contributed by atoms with E-state index in [2.05, 4.69) is 5.32 Å². The summed E-state index contributed by atoms with van der Waals surface area (Å²) in [5, 5.41) is 2.77. The first kappa shape index (κ1) is 19.5. The number of nitrogens with one attached hydrogen (secondary N) is 1. The van der Waals surface area contributed by atoms with Gasteiger partial charge in [-0.05, 0) is 35.4 Å². The van der Waals surface area contributed by atoms with Gasteiger partial charge in [0.2, 0.25) is 0 Å². The van der Waals surface area contributed by atoms with E-state index in [0.29, 0.717) is 16.8 Å². The molecule has 2 aromatic rings. The largest absolute Gasteiger partial charge is 0.419 e. The molecule has 1 N–H and O–H groups in total. The molecule has 1 aliphatic heterocycles. The van der Waals surface area contributed by atoms with E-state index >= 15 is 0 Å². The highest BCUT2D eigenvalue weighted by Gasteiger charge is 2.39. The van der Waals surface area contributed by atoms with Gasteiger partial charge in [-0.1, -0.05) is 24.3 Å². The molecule has 0 amide bonds. The van der Waals surface area contributed by atoms with Gasteiger partial charge in [-0.3, -0.25) is 0 Å². The van der Waals surface area contributed by atoms with E-state index in [1.807, 2.05) is 0 Å². The lowest BCUT2D eigenvalue weighted by atomic mass is 10.0. The molecule has 0 bridgehead atoms. The van der Waals surface area contributed by atoms with Crippen LogP contribution in [-0.4, -0.2) is 17.7 Å². The smallest absolute Gasteiger partial charge is 0.416 e. The Morgan fingerprint density at radius 3 is 2.11 bits per heavy atom. The number of anilines is 1. The Bertz CT molecular complexity index is 925. The van der Waals surface area contributed by atoms with Crippen molar-refractivity contribution in [3.63, 3.8) is 0 Å². The number of cyclic esters (lactones) is 2. The first-order valence-corrected chi connectivity index (χ1v) is 8.26. The van der Waals surface area contributed by atoms with Gasteiger partial charge in [0.05, 0.1) is 5.56 Å². The van der Waals surface area contributed by atoms with Crippen molar-refractivity contribution in [2.45, 2.75) is 25.8 Å². The Balaban J connectivity index is 1.75. The van der Waals surface area contributed by atoms with Gasteiger partial charge >= 0.3 is 18.1 Å². The molecule has 0 radical (unpaired) electrons. The summed E-state index contributed by atoms with van der Waals surface area (Å²) in [4.78, 5) is 23.7. The second-order valence-corrected chi connectivity index (χ2v) is 6.54. The van der Waals surface area contributed by atoms with Crippen molar-refractivity contribution in [1.29, 1.82) is 0 Å². The summed E-state index contributed by atoms with van der Waals surface area (Å²) in [5.41, 5.74) is 0.507. The summed E-state index contributed by atoms with van der Waals surface area (Å²) in [6.07, 6.45) is -3.25. The second-order valence-electron chi connectivity index (χ2n) is 6.54. The van der Waals surface area contributed by atoms with Gasteiger partial charge in [-0.15, -0.1) is 0 Å². The first-order valence-electron chi connectivity index (χ1n) is 8.26. The zero-order valence-electron chi connectivity index (χ0n) is 15.0. The van der Waals surface area contributed by atoms with Gasteiger partial charge in [0, 0.05) is 25.7 Å². The van der Waals surface area contributed by atoms with E-state index in [-0.39, 0.29) is 5.57 Å². The normalized spacial score (nSPS) is 16.2. The van der Waals surface area contributed by atoms with Gasteiger partial charge in [0.25, 0.3) is 5.79 Å².